The van der Waals surface area contributed by atoms with Crippen LogP contribution < -0.4 is 5.56 Å². The minimum Gasteiger partial charge on any atom is -0.321 e. The first-order valence-corrected chi connectivity index (χ1v) is 7.04. The molecule has 0 atom stereocenters. The van der Waals surface area contributed by atoms with Crippen LogP contribution in [0.4, 0.5) is 0 Å². The summed E-state index contributed by atoms with van der Waals surface area (Å²) in [6.07, 6.45) is 3.00. The highest BCUT2D eigenvalue weighted by Crippen LogP contribution is 2.11. The Bertz CT molecular complexity index is 918. The largest absolute Gasteiger partial charge is 0.321 e. The molecule has 1 N–H and O–H groups in total. The normalized spacial score (nSPS) is 11.1. The Morgan fingerprint density at radius 3 is 2.55 bits per heavy atom. The zero-order chi connectivity index (χ0) is 15.5. The van der Waals surface area contributed by atoms with E-state index in [0.717, 1.165) is 16.5 Å². The van der Waals surface area contributed by atoms with Crippen LogP contribution >= 0.6 is 0 Å². The van der Waals surface area contributed by atoms with Gasteiger partial charge in [-0.05, 0) is 36.6 Å². The molecular weight excluding hydrogens is 274 g/mol. The van der Waals surface area contributed by atoms with E-state index < -0.39 is 0 Å². The maximum absolute atomic E-state index is 12.1. The Balaban J connectivity index is 1.92. The van der Waals surface area contributed by atoms with Gasteiger partial charge in [-0.3, -0.25) is 9.59 Å². The van der Waals surface area contributed by atoms with Gasteiger partial charge in [0.2, 0.25) is 0 Å². The molecule has 0 radical (unpaired) electrons. The molecule has 3 rings (SSSR count). The maximum atomic E-state index is 12.1. The molecule has 0 spiro atoms. The number of para-hydroxylation sites is 1. The Morgan fingerprint density at radius 1 is 1.05 bits per heavy atom. The smallest absolute Gasteiger partial charge is 0.255 e. The van der Waals surface area contributed by atoms with Gasteiger partial charge in [0, 0.05) is 16.6 Å². The summed E-state index contributed by atoms with van der Waals surface area (Å²) in [5.74, 6) is -0.118. The Morgan fingerprint density at radius 2 is 1.77 bits per heavy atom. The van der Waals surface area contributed by atoms with Crippen molar-refractivity contribution in [3.05, 3.63) is 87.7 Å². The molecule has 0 aliphatic heterocycles. The van der Waals surface area contributed by atoms with E-state index in [2.05, 4.69) is 4.98 Å². The average molecular weight is 289 g/mol. The number of hydrogen-bond acceptors (Lipinski definition) is 2. The summed E-state index contributed by atoms with van der Waals surface area (Å²) in [5.41, 5.74) is 2.77. The number of carbonyl (C=O) groups is 1. The van der Waals surface area contributed by atoms with Crippen molar-refractivity contribution in [3.8, 4) is 0 Å². The lowest BCUT2D eigenvalue weighted by Crippen LogP contribution is -2.09. The van der Waals surface area contributed by atoms with Gasteiger partial charge in [0.05, 0.1) is 0 Å². The Labute approximate surface area is 127 Å². The lowest BCUT2D eigenvalue weighted by Gasteiger charge is -1.99. The number of aryl methyl sites for hydroxylation is 1. The number of benzene rings is 2. The summed E-state index contributed by atoms with van der Waals surface area (Å²) in [7, 11) is 0. The van der Waals surface area contributed by atoms with Crippen LogP contribution in [0, 0.1) is 6.92 Å². The van der Waals surface area contributed by atoms with E-state index in [1.165, 1.54) is 6.08 Å². The number of allylic oxidation sites excluding steroid dienone is 1. The molecule has 2 aromatic carbocycles. The van der Waals surface area contributed by atoms with Gasteiger partial charge < -0.3 is 4.98 Å². The van der Waals surface area contributed by atoms with Crippen molar-refractivity contribution in [1.29, 1.82) is 0 Å². The van der Waals surface area contributed by atoms with Crippen molar-refractivity contribution in [3.63, 3.8) is 0 Å². The van der Waals surface area contributed by atoms with E-state index in [1.807, 2.05) is 43.3 Å². The number of carbonyl (C=O) groups excluding carboxylic acids is 1. The molecule has 1 heterocycles. The molecule has 0 amide bonds. The fourth-order valence-corrected chi connectivity index (χ4v) is 2.27. The fraction of sp³-hybridized carbons (Fsp3) is 0.0526. The van der Waals surface area contributed by atoms with Gasteiger partial charge in [0.15, 0.2) is 5.78 Å². The minimum atomic E-state index is -0.202. The second kappa shape index (κ2) is 5.82. The van der Waals surface area contributed by atoms with Crippen molar-refractivity contribution >= 4 is 22.8 Å². The third kappa shape index (κ3) is 2.88. The monoisotopic (exact) mass is 289 g/mol. The third-order valence-corrected chi connectivity index (χ3v) is 3.53. The number of aromatic nitrogens is 1. The van der Waals surface area contributed by atoms with Gasteiger partial charge >= 0.3 is 0 Å². The fourth-order valence-electron chi connectivity index (χ4n) is 2.27. The molecule has 0 aliphatic rings. The zero-order valence-electron chi connectivity index (χ0n) is 12.2. The molecule has 0 unspecified atom stereocenters. The van der Waals surface area contributed by atoms with Crippen molar-refractivity contribution < 1.29 is 4.79 Å². The molecule has 0 saturated carbocycles. The molecular formula is C19H15NO2. The molecule has 0 saturated heterocycles. The second-order valence-electron chi connectivity index (χ2n) is 5.20. The zero-order valence-corrected chi connectivity index (χ0v) is 12.2. The molecule has 0 fully saturated rings. The first kappa shape index (κ1) is 14.0. The summed E-state index contributed by atoms with van der Waals surface area (Å²) in [6.45, 7) is 1.97. The van der Waals surface area contributed by atoms with Gasteiger partial charge in [-0.1, -0.05) is 48.0 Å². The van der Waals surface area contributed by atoms with Gasteiger partial charge in [0.1, 0.15) is 0 Å². The maximum Gasteiger partial charge on any atom is 0.255 e. The standard InChI is InChI=1S/C19H15NO2/c1-13-6-8-14(9-7-13)18(21)11-10-16-12-15-4-2-3-5-17(15)20-19(16)22/h2-12H,1H3,(H,20,22)/b11-10+. The highest BCUT2D eigenvalue weighted by atomic mass is 16.1. The van der Waals surface area contributed by atoms with Gasteiger partial charge in [-0.15, -0.1) is 0 Å². The van der Waals surface area contributed by atoms with E-state index in [9.17, 15) is 9.59 Å². The number of rotatable bonds is 3. The first-order valence-electron chi connectivity index (χ1n) is 7.04. The van der Waals surface area contributed by atoms with E-state index in [0.29, 0.717) is 11.1 Å². The summed E-state index contributed by atoms with van der Waals surface area (Å²) in [4.78, 5) is 26.9. The van der Waals surface area contributed by atoms with Crippen molar-refractivity contribution in [1.82, 2.24) is 4.98 Å². The molecule has 22 heavy (non-hydrogen) atoms. The molecule has 3 nitrogen and oxygen atoms in total. The van der Waals surface area contributed by atoms with Gasteiger partial charge in [-0.25, -0.2) is 0 Å². The predicted octanol–water partition coefficient (Wildman–Crippen LogP) is 3.73. The molecule has 3 heteroatoms. The number of hydrogen-bond donors (Lipinski definition) is 1. The van der Waals surface area contributed by atoms with Crippen molar-refractivity contribution in [2.75, 3.05) is 0 Å². The number of nitrogens with one attached hydrogen (secondary N) is 1. The Hall–Kier alpha value is -2.94. The summed E-state index contributed by atoms with van der Waals surface area (Å²) in [5, 5.41) is 0.935. The number of aromatic amines is 1. The third-order valence-electron chi connectivity index (χ3n) is 3.53. The van der Waals surface area contributed by atoms with Crippen LogP contribution in [-0.2, 0) is 0 Å². The van der Waals surface area contributed by atoms with E-state index in [4.69, 9.17) is 0 Å². The van der Waals surface area contributed by atoms with E-state index in [1.54, 1.807) is 24.3 Å². The first-order chi connectivity index (χ1) is 10.6. The van der Waals surface area contributed by atoms with Crippen LogP contribution in [0.1, 0.15) is 21.5 Å². The summed E-state index contributed by atoms with van der Waals surface area (Å²) < 4.78 is 0. The molecule has 108 valence electrons. The van der Waals surface area contributed by atoms with Gasteiger partial charge in [-0.2, -0.15) is 0 Å². The highest BCUT2D eigenvalue weighted by Gasteiger charge is 2.03. The van der Waals surface area contributed by atoms with Crippen LogP contribution in [0.3, 0.4) is 0 Å². The molecule has 1 aromatic heterocycles. The van der Waals surface area contributed by atoms with Crippen LogP contribution in [0.2, 0.25) is 0 Å². The second-order valence-corrected chi connectivity index (χ2v) is 5.20. The van der Waals surface area contributed by atoms with Crippen LogP contribution in [0.15, 0.2) is 65.5 Å². The Kier molecular flexibility index (Phi) is 3.71. The number of fused-ring (bicyclic) bond motifs is 1. The average Bonchev–Trinajstić information content (AvgIpc) is 2.53. The summed E-state index contributed by atoms with van der Waals surface area (Å²) in [6, 6.07) is 16.7. The number of pyridine rings is 1. The topological polar surface area (TPSA) is 49.9 Å². The van der Waals surface area contributed by atoms with Crippen molar-refractivity contribution in [2.45, 2.75) is 6.92 Å². The quantitative estimate of drug-likeness (QED) is 0.590. The number of H-pyrrole nitrogens is 1. The van der Waals surface area contributed by atoms with E-state index >= 15 is 0 Å². The molecule has 0 bridgehead atoms. The van der Waals surface area contributed by atoms with Crippen LogP contribution in [0.5, 0.6) is 0 Å². The van der Waals surface area contributed by atoms with Crippen molar-refractivity contribution in [2.24, 2.45) is 0 Å². The minimum absolute atomic E-state index is 0.118. The van der Waals surface area contributed by atoms with Gasteiger partial charge in [0.25, 0.3) is 5.56 Å². The SMILES string of the molecule is Cc1ccc(C(=O)/C=C/c2cc3ccccc3[nH]c2=O)cc1. The molecule has 3 aromatic rings. The van der Waals surface area contributed by atoms with Crippen LogP contribution in [0.25, 0.3) is 17.0 Å². The predicted molar refractivity (Wildman–Crippen MR) is 89.1 cm³/mol. The lowest BCUT2D eigenvalue weighted by molar-refractivity contribution is 0.104. The number of ketones is 1. The summed E-state index contributed by atoms with van der Waals surface area (Å²) >= 11 is 0. The lowest BCUT2D eigenvalue weighted by atomic mass is 10.1. The van der Waals surface area contributed by atoms with Crippen LogP contribution in [-0.4, -0.2) is 10.8 Å². The molecule has 0 aliphatic carbocycles. The highest BCUT2D eigenvalue weighted by molar-refractivity contribution is 6.06. The van der Waals surface area contributed by atoms with E-state index in [-0.39, 0.29) is 11.3 Å².